The van der Waals surface area contributed by atoms with Gasteiger partial charge in [-0.05, 0) is 37.0 Å². The maximum atomic E-state index is 13.1. The lowest BCUT2D eigenvalue weighted by Gasteiger charge is -2.38. The molecule has 0 spiro atoms. The van der Waals surface area contributed by atoms with Gasteiger partial charge in [0, 0.05) is 13.1 Å². The Kier molecular flexibility index (Phi) is 4.60. The number of rotatable bonds is 4. The number of hydrogen-bond donors (Lipinski definition) is 1. The third-order valence-corrected chi connectivity index (χ3v) is 4.45. The fourth-order valence-electron chi connectivity index (χ4n) is 2.84. The van der Waals surface area contributed by atoms with Crippen molar-refractivity contribution >= 4 is 11.9 Å². The first-order chi connectivity index (χ1) is 9.97. The molecule has 1 N–H and O–H groups in total. The Hall–Kier alpha value is -1.91. The number of benzene rings is 1. The molecule has 1 aromatic carbocycles. The van der Waals surface area contributed by atoms with Crippen LogP contribution in [0.1, 0.15) is 31.7 Å². The third kappa shape index (κ3) is 3.40. The normalized spacial score (nSPS) is 17.5. The first-order valence-electron chi connectivity index (χ1n) is 7.22. The van der Waals surface area contributed by atoms with Crippen molar-refractivity contribution in [2.45, 2.75) is 32.6 Å². The molecule has 1 amide bonds. The number of carbonyl (C=O) groups excluding carboxylic acids is 1. The molecule has 0 saturated carbocycles. The Morgan fingerprint density at radius 1 is 1.33 bits per heavy atom. The number of halogens is 1. The summed E-state index contributed by atoms with van der Waals surface area (Å²) in [5.74, 6) is -1.20. The molecule has 0 bridgehead atoms. The summed E-state index contributed by atoms with van der Waals surface area (Å²) >= 11 is 0. The van der Waals surface area contributed by atoms with Gasteiger partial charge in [0.25, 0.3) is 0 Å². The van der Waals surface area contributed by atoms with Gasteiger partial charge in [-0.15, -0.1) is 0 Å². The lowest BCUT2D eigenvalue weighted by Crippen LogP contribution is -2.46. The van der Waals surface area contributed by atoms with Gasteiger partial charge in [-0.1, -0.05) is 19.1 Å². The quantitative estimate of drug-likeness (QED) is 0.927. The molecular weight excluding hydrogens is 273 g/mol. The van der Waals surface area contributed by atoms with E-state index in [1.807, 2.05) is 6.92 Å². The number of nitrogens with zero attached hydrogens (tertiary/aromatic N) is 1. The second-order valence-corrected chi connectivity index (χ2v) is 5.63. The Morgan fingerprint density at radius 3 is 2.52 bits per heavy atom. The lowest BCUT2D eigenvalue weighted by atomic mass is 9.76. The molecule has 21 heavy (non-hydrogen) atoms. The molecule has 114 valence electrons. The first kappa shape index (κ1) is 15.5. The van der Waals surface area contributed by atoms with E-state index >= 15 is 0 Å². The number of aliphatic carboxylic acids is 1. The summed E-state index contributed by atoms with van der Waals surface area (Å²) in [5, 5.41) is 9.33. The maximum absolute atomic E-state index is 13.1. The monoisotopic (exact) mass is 293 g/mol. The highest BCUT2D eigenvalue weighted by Crippen LogP contribution is 2.35. The summed E-state index contributed by atoms with van der Waals surface area (Å²) in [4.78, 5) is 25.3. The summed E-state index contributed by atoms with van der Waals surface area (Å²) in [7, 11) is 0. The molecule has 1 fully saturated rings. The molecule has 0 unspecified atom stereocenters. The van der Waals surface area contributed by atoms with Crippen LogP contribution in [0.2, 0.25) is 0 Å². The number of carboxylic acid groups (broad SMARTS) is 1. The van der Waals surface area contributed by atoms with Crippen LogP contribution in [0.5, 0.6) is 0 Å². The Bertz CT molecular complexity index is 536. The van der Waals surface area contributed by atoms with Crippen LogP contribution in [-0.2, 0) is 16.0 Å². The van der Waals surface area contributed by atoms with E-state index in [-0.39, 0.29) is 18.1 Å². The summed E-state index contributed by atoms with van der Waals surface area (Å²) in [6, 6.07) is 6.01. The molecular formula is C16H20FNO3. The van der Waals surface area contributed by atoms with E-state index in [1.54, 1.807) is 17.0 Å². The van der Waals surface area contributed by atoms with Crippen LogP contribution in [0.3, 0.4) is 0 Å². The second-order valence-electron chi connectivity index (χ2n) is 5.63. The lowest BCUT2D eigenvalue weighted by molar-refractivity contribution is -0.154. The third-order valence-electron chi connectivity index (χ3n) is 4.45. The van der Waals surface area contributed by atoms with Crippen LogP contribution >= 0.6 is 0 Å². The highest BCUT2D eigenvalue weighted by Gasteiger charge is 2.40. The van der Waals surface area contributed by atoms with Crippen molar-refractivity contribution in [3.8, 4) is 0 Å². The zero-order valence-electron chi connectivity index (χ0n) is 12.1. The van der Waals surface area contributed by atoms with E-state index in [9.17, 15) is 19.1 Å². The van der Waals surface area contributed by atoms with Gasteiger partial charge < -0.3 is 10.0 Å². The van der Waals surface area contributed by atoms with E-state index in [2.05, 4.69) is 0 Å². The summed E-state index contributed by atoms with van der Waals surface area (Å²) in [5.41, 5.74) is -0.0547. The summed E-state index contributed by atoms with van der Waals surface area (Å²) in [6.45, 7) is 2.78. The van der Waals surface area contributed by atoms with Crippen molar-refractivity contribution in [1.82, 2.24) is 4.90 Å². The van der Waals surface area contributed by atoms with E-state index in [1.165, 1.54) is 12.1 Å². The molecule has 5 heteroatoms. The molecule has 1 aliphatic heterocycles. The topological polar surface area (TPSA) is 57.6 Å². The molecule has 0 aliphatic carbocycles. The number of carbonyl (C=O) groups is 2. The number of piperidine rings is 1. The maximum Gasteiger partial charge on any atom is 0.309 e. The molecule has 0 aromatic heterocycles. The van der Waals surface area contributed by atoms with Gasteiger partial charge in [-0.3, -0.25) is 9.59 Å². The number of likely N-dealkylation sites (tertiary alicyclic amines) is 1. The van der Waals surface area contributed by atoms with Crippen LogP contribution in [0.25, 0.3) is 0 Å². The van der Waals surface area contributed by atoms with Gasteiger partial charge in [-0.25, -0.2) is 4.39 Å². The zero-order valence-corrected chi connectivity index (χ0v) is 12.1. The van der Waals surface area contributed by atoms with Crippen molar-refractivity contribution in [1.29, 1.82) is 0 Å². The largest absolute Gasteiger partial charge is 0.481 e. The summed E-state index contributed by atoms with van der Waals surface area (Å²) < 4.78 is 13.1. The van der Waals surface area contributed by atoms with Crippen LogP contribution in [0.4, 0.5) is 4.39 Å². The fourth-order valence-corrected chi connectivity index (χ4v) is 2.84. The first-order valence-corrected chi connectivity index (χ1v) is 7.22. The Labute approximate surface area is 123 Å². The van der Waals surface area contributed by atoms with Crippen LogP contribution in [-0.4, -0.2) is 35.0 Å². The molecule has 1 aliphatic rings. The number of carboxylic acids is 1. The van der Waals surface area contributed by atoms with Crippen molar-refractivity contribution in [3.63, 3.8) is 0 Å². The molecule has 0 radical (unpaired) electrons. The second kappa shape index (κ2) is 6.24. The number of hydrogen-bond acceptors (Lipinski definition) is 2. The Balaban J connectivity index is 1.96. The minimum atomic E-state index is -0.776. The number of amides is 1. The van der Waals surface area contributed by atoms with Gasteiger partial charge in [-0.2, -0.15) is 0 Å². The van der Waals surface area contributed by atoms with Crippen LogP contribution < -0.4 is 0 Å². The minimum absolute atomic E-state index is 0.0734. The fraction of sp³-hybridized carbons (Fsp3) is 0.500. The van der Waals surface area contributed by atoms with Crippen LogP contribution in [0.15, 0.2) is 24.3 Å². The van der Waals surface area contributed by atoms with E-state index in [0.717, 1.165) is 0 Å². The smallest absolute Gasteiger partial charge is 0.309 e. The van der Waals surface area contributed by atoms with Crippen molar-refractivity contribution in [3.05, 3.63) is 35.6 Å². The molecule has 1 saturated heterocycles. The average Bonchev–Trinajstić information content (AvgIpc) is 2.47. The molecule has 0 atom stereocenters. The van der Waals surface area contributed by atoms with E-state index < -0.39 is 11.4 Å². The van der Waals surface area contributed by atoms with Gasteiger partial charge in [0.2, 0.25) is 5.91 Å². The predicted molar refractivity (Wildman–Crippen MR) is 76.3 cm³/mol. The Morgan fingerprint density at radius 2 is 2.00 bits per heavy atom. The van der Waals surface area contributed by atoms with E-state index in [0.29, 0.717) is 37.9 Å². The highest BCUT2D eigenvalue weighted by molar-refractivity contribution is 5.80. The van der Waals surface area contributed by atoms with Gasteiger partial charge in [0.05, 0.1) is 11.8 Å². The van der Waals surface area contributed by atoms with Gasteiger partial charge in [0.1, 0.15) is 5.82 Å². The molecule has 1 heterocycles. The van der Waals surface area contributed by atoms with Crippen molar-refractivity contribution in [2.75, 3.05) is 13.1 Å². The van der Waals surface area contributed by atoms with Gasteiger partial charge >= 0.3 is 5.97 Å². The SMILES string of the molecule is CCC1(C(=O)O)CCN(C(=O)Cc2cccc(F)c2)CC1. The molecule has 1 aromatic rings. The highest BCUT2D eigenvalue weighted by atomic mass is 19.1. The standard InChI is InChI=1S/C16H20FNO3/c1-2-16(15(20)21)6-8-18(9-7-16)14(19)11-12-4-3-5-13(17)10-12/h3-5,10H,2,6-9,11H2,1H3,(H,20,21). The molecule has 4 nitrogen and oxygen atoms in total. The minimum Gasteiger partial charge on any atom is -0.481 e. The van der Waals surface area contributed by atoms with Gasteiger partial charge in [0.15, 0.2) is 0 Å². The van der Waals surface area contributed by atoms with Crippen LogP contribution in [0, 0.1) is 11.2 Å². The predicted octanol–water partition coefficient (Wildman–Crippen LogP) is 2.47. The average molecular weight is 293 g/mol. The van der Waals surface area contributed by atoms with E-state index in [4.69, 9.17) is 0 Å². The summed E-state index contributed by atoms with van der Waals surface area (Å²) in [6.07, 6.45) is 1.69. The van der Waals surface area contributed by atoms with Crippen molar-refractivity contribution < 1.29 is 19.1 Å². The van der Waals surface area contributed by atoms with Crippen molar-refractivity contribution in [2.24, 2.45) is 5.41 Å². The zero-order chi connectivity index (χ0) is 15.5. The molecule has 2 rings (SSSR count).